The fourth-order valence-electron chi connectivity index (χ4n) is 2.23. The predicted octanol–water partition coefficient (Wildman–Crippen LogP) is 1.35. The van der Waals surface area contributed by atoms with Gasteiger partial charge in [-0.3, -0.25) is 4.79 Å². The highest BCUT2D eigenvalue weighted by Crippen LogP contribution is 2.27. The number of ether oxygens (including phenoxy) is 2. The standard InChI is InChI=1S/C19H26N6O3/c1-24(2)18-21-16(22-19(23-18)25(3)4)12-20-17(26)10-8-13-7-9-14(27-5)15(11-13)28-6/h7-11H,12H2,1-6H3,(H,20,26)/b10-8+. The van der Waals surface area contributed by atoms with Crippen LogP contribution in [0.5, 0.6) is 11.5 Å². The number of nitrogens with one attached hydrogen (secondary N) is 1. The fraction of sp³-hybridized carbons (Fsp3) is 0.368. The molecule has 28 heavy (non-hydrogen) atoms. The minimum atomic E-state index is -0.256. The van der Waals surface area contributed by atoms with Crippen LogP contribution in [-0.2, 0) is 11.3 Å². The van der Waals surface area contributed by atoms with E-state index in [1.807, 2.05) is 34.3 Å². The van der Waals surface area contributed by atoms with Crippen molar-refractivity contribution in [3.63, 3.8) is 0 Å². The zero-order valence-electron chi connectivity index (χ0n) is 17.1. The molecule has 0 bridgehead atoms. The van der Waals surface area contributed by atoms with Gasteiger partial charge in [-0.25, -0.2) is 0 Å². The monoisotopic (exact) mass is 386 g/mol. The van der Waals surface area contributed by atoms with E-state index in [-0.39, 0.29) is 12.5 Å². The molecule has 0 fully saturated rings. The van der Waals surface area contributed by atoms with Crippen molar-refractivity contribution in [2.24, 2.45) is 0 Å². The van der Waals surface area contributed by atoms with Gasteiger partial charge in [-0.05, 0) is 23.8 Å². The highest BCUT2D eigenvalue weighted by atomic mass is 16.5. The molecule has 0 aliphatic carbocycles. The lowest BCUT2D eigenvalue weighted by molar-refractivity contribution is -0.116. The first-order valence-corrected chi connectivity index (χ1v) is 8.61. The highest BCUT2D eigenvalue weighted by Gasteiger charge is 2.10. The first kappa shape index (κ1) is 20.9. The number of hydrogen-bond acceptors (Lipinski definition) is 8. The summed E-state index contributed by atoms with van der Waals surface area (Å²) in [6, 6.07) is 5.41. The van der Waals surface area contributed by atoms with E-state index in [1.54, 1.807) is 42.2 Å². The largest absolute Gasteiger partial charge is 0.493 e. The Morgan fingerprint density at radius 1 is 1.00 bits per heavy atom. The average molecular weight is 386 g/mol. The Morgan fingerprint density at radius 2 is 1.61 bits per heavy atom. The third kappa shape index (κ3) is 5.57. The van der Waals surface area contributed by atoms with Gasteiger partial charge in [-0.1, -0.05) is 6.07 Å². The Kier molecular flexibility index (Phi) is 7.14. The smallest absolute Gasteiger partial charge is 0.244 e. The van der Waals surface area contributed by atoms with Gasteiger partial charge in [-0.2, -0.15) is 15.0 Å². The molecule has 1 aromatic carbocycles. The van der Waals surface area contributed by atoms with Crippen molar-refractivity contribution in [3.8, 4) is 11.5 Å². The third-order valence-electron chi connectivity index (χ3n) is 3.71. The van der Waals surface area contributed by atoms with Crippen LogP contribution in [0.1, 0.15) is 11.4 Å². The van der Waals surface area contributed by atoms with Crippen LogP contribution < -0.4 is 24.6 Å². The Balaban J connectivity index is 2.05. The summed E-state index contributed by atoms with van der Waals surface area (Å²) in [6.07, 6.45) is 3.14. The van der Waals surface area contributed by atoms with E-state index in [9.17, 15) is 4.79 Å². The summed E-state index contributed by atoms with van der Waals surface area (Å²) in [4.78, 5) is 28.8. The zero-order chi connectivity index (χ0) is 20.7. The molecule has 1 aromatic heterocycles. The van der Waals surface area contributed by atoms with Crippen molar-refractivity contribution in [2.75, 3.05) is 52.2 Å². The first-order chi connectivity index (χ1) is 13.3. The molecule has 1 heterocycles. The van der Waals surface area contributed by atoms with Crippen molar-refractivity contribution >= 4 is 23.9 Å². The van der Waals surface area contributed by atoms with Crippen molar-refractivity contribution in [2.45, 2.75) is 6.54 Å². The summed E-state index contributed by atoms with van der Waals surface area (Å²) in [5.74, 6) is 2.52. The molecule has 2 aromatic rings. The second-order valence-electron chi connectivity index (χ2n) is 6.31. The van der Waals surface area contributed by atoms with Crippen LogP contribution in [0.4, 0.5) is 11.9 Å². The Bertz CT molecular complexity index is 825. The molecule has 0 saturated heterocycles. The molecule has 0 aliphatic heterocycles. The number of carbonyl (C=O) groups is 1. The molecule has 1 N–H and O–H groups in total. The summed E-state index contributed by atoms with van der Waals surface area (Å²) in [5.41, 5.74) is 0.817. The van der Waals surface area contributed by atoms with Gasteiger partial charge in [-0.15, -0.1) is 0 Å². The van der Waals surface area contributed by atoms with Gasteiger partial charge in [0.15, 0.2) is 17.3 Å². The number of methoxy groups -OCH3 is 2. The van der Waals surface area contributed by atoms with Crippen molar-refractivity contribution in [1.82, 2.24) is 20.3 Å². The van der Waals surface area contributed by atoms with Crippen molar-refractivity contribution < 1.29 is 14.3 Å². The molecule has 0 spiro atoms. The van der Waals surface area contributed by atoms with Gasteiger partial charge in [0.2, 0.25) is 17.8 Å². The van der Waals surface area contributed by atoms with E-state index in [4.69, 9.17) is 9.47 Å². The van der Waals surface area contributed by atoms with Crippen LogP contribution in [-0.4, -0.2) is 63.3 Å². The maximum Gasteiger partial charge on any atom is 0.244 e. The maximum atomic E-state index is 12.2. The summed E-state index contributed by atoms with van der Waals surface area (Å²) >= 11 is 0. The number of anilines is 2. The molecule has 0 unspecified atom stereocenters. The topological polar surface area (TPSA) is 92.7 Å². The SMILES string of the molecule is COc1ccc(/C=C/C(=O)NCc2nc(N(C)C)nc(N(C)C)n2)cc1OC. The Labute approximate surface area is 165 Å². The molecule has 9 heteroatoms. The highest BCUT2D eigenvalue weighted by molar-refractivity contribution is 5.91. The molecule has 150 valence electrons. The maximum absolute atomic E-state index is 12.2. The fourth-order valence-corrected chi connectivity index (χ4v) is 2.23. The number of carbonyl (C=O) groups excluding carboxylic acids is 1. The van der Waals surface area contributed by atoms with Crippen LogP contribution in [0, 0.1) is 0 Å². The molecule has 1 amide bonds. The second kappa shape index (κ2) is 9.54. The number of hydrogen-bond donors (Lipinski definition) is 1. The summed E-state index contributed by atoms with van der Waals surface area (Å²) in [5, 5.41) is 2.78. The van der Waals surface area contributed by atoms with E-state index in [2.05, 4.69) is 20.3 Å². The molecular formula is C19H26N6O3. The van der Waals surface area contributed by atoms with Gasteiger partial charge in [0.05, 0.1) is 20.8 Å². The Hall–Kier alpha value is -3.36. The van der Waals surface area contributed by atoms with E-state index in [0.29, 0.717) is 29.2 Å². The second-order valence-corrected chi connectivity index (χ2v) is 6.31. The molecule has 0 saturated carbocycles. The lowest BCUT2D eigenvalue weighted by Gasteiger charge is -2.16. The Morgan fingerprint density at radius 3 is 2.14 bits per heavy atom. The van der Waals surface area contributed by atoms with Crippen molar-refractivity contribution in [3.05, 3.63) is 35.7 Å². The molecule has 2 rings (SSSR count). The lowest BCUT2D eigenvalue weighted by atomic mass is 10.2. The molecule has 9 nitrogen and oxygen atoms in total. The third-order valence-corrected chi connectivity index (χ3v) is 3.71. The van der Waals surface area contributed by atoms with E-state index in [0.717, 1.165) is 5.56 Å². The van der Waals surface area contributed by atoms with E-state index < -0.39 is 0 Å². The van der Waals surface area contributed by atoms with Gasteiger partial charge in [0.1, 0.15) is 0 Å². The number of rotatable bonds is 8. The van der Waals surface area contributed by atoms with Crippen molar-refractivity contribution in [1.29, 1.82) is 0 Å². The van der Waals surface area contributed by atoms with Crippen LogP contribution in [0.3, 0.4) is 0 Å². The normalized spacial score (nSPS) is 10.6. The van der Waals surface area contributed by atoms with Crippen LogP contribution >= 0.6 is 0 Å². The zero-order valence-corrected chi connectivity index (χ0v) is 17.1. The van der Waals surface area contributed by atoms with Crippen LogP contribution in [0.2, 0.25) is 0 Å². The summed E-state index contributed by atoms with van der Waals surface area (Å²) in [7, 11) is 10.5. The molecule has 0 radical (unpaired) electrons. The minimum absolute atomic E-state index is 0.194. The van der Waals surface area contributed by atoms with Gasteiger partial charge >= 0.3 is 0 Å². The number of amides is 1. The summed E-state index contributed by atoms with van der Waals surface area (Å²) < 4.78 is 10.5. The predicted molar refractivity (Wildman–Crippen MR) is 109 cm³/mol. The van der Waals surface area contributed by atoms with Gasteiger partial charge in [0, 0.05) is 34.3 Å². The minimum Gasteiger partial charge on any atom is -0.493 e. The van der Waals surface area contributed by atoms with Crippen LogP contribution in [0.25, 0.3) is 6.08 Å². The molecule has 0 atom stereocenters. The number of benzene rings is 1. The lowest BCUT2D eigenvalue weighted by Crippen LogP contribution is -2.25. The van der Waals surface area contributed by atoms with Crippen LogP contribution in [0.15, 0.2) is 24.3 Å². The number of aromatic nitrogens is 3. The molecular weight excluding hydrogens is 360 g/mol. The van der Waals surface area contributed by atoms with Gasteiger partial charge in [0.25, 0.3) is 0 Å². The van der Waals surface area contributed by atoms with Gasteiger partial charge < -0.3 is 24.6 Å². The summed E-state index contributed by atoms with van der Waals surface area (Å²) in [6.45, 7) is 0.194. The first-order valence-electron chi connectivity index (χ1n) is 8.61. The van der Waals surface area contributed by atoms with E-state index >= 15 is 0 Å². The quantitative estimate of drug-likeness (QED) is 0.680. The number of nitrogens with zero attached hydrogens (tertiary/aromatic N) is 5. The average Bonchev–Trinajstić information content (AvgIpc) is 2.69. The molecule has 0 aliphatic rings. The van der Waals surface area contributed by atoms with E-state index in [1.165, 1.54) is 6.08 Å².